The van der Waals surface area contributed by atoms with Crippen LogP contribution in [0, 0.1) is 24.4 Å². The van der Waals surface area contributed by atoms with Crippen LogP contribution in [0.5, 0.6) is 0 Å². The van der Waals surface area contributed by atoms with Crippen molar-refractivity contribution >= 4 is 10.0 Å². The number of nitrogens with one attached hydrogen (secondary N) is 1. The fraction of sp³-hybridized carbons (Fsp3) is 0.143. The lowest BCUT2D eigenvalue weighted by Crippen LogP contribution is -2.25. The van der Waals surface area contributed by atoms with Crippen LogP contribution >= 0.6 is 0 Å². The molecule has 0 amide bonds. The molecule has 0 heterocycles. The van der Waals surface area contributed by atoms with Crippen molar-refractivity contribution in [2.75, 3.05) is 0 Å². The molecule has 2 aromatic carbocycles. The monoisotopic (exact) mass is 315 g/mol. The second-order valence-electron chi connectivity index (χ2n) is 4.45. The first-order chi connectivity index (χ1) is 9.81. The van der Waals surface area contributed by atoms with Crippen molar-refractivity contribution in [2.24, 2.45) is 0 Å². The molecule has 0 bridgehead atoms. The summed E-state index contributed by atoms with van der Waals surface area (Å²) in [5.74, 6) is -2.89. The van der Waals surface area contributed by atoms with E-state index in [4.69, 9.17) is 0 Å². The van der Waals surface area contributed by atoms with Crippen molar-refractivity contribution in [2.45, 2.75) is 18.4 Å². The van der Waals surface area contributed by atoms with E-state index < -0.39 is 32.4 Å². The summed E-state index contributed by atoms with van der Waals surface area (Å²) in [6, 6.07) is 6.67. The highest BCUT2D eigenvalue weighted by Gasteiger charge is 2.23. The van der Waals surface area contributed by atoms with Gasteiger partial charge in [0.1, 0.15) is 17.5 Å². The zero-order chi connectivity index (χ0) is 15.6. The third-order valence-corrected chi connectivity index (χ3v) is 4.40. The molecule has 0 radical (unpaired) electrons. The van der Waals surface area contributed by atoms with Gasteiger partial charge in [-0.2, -0.15) is 0 Å². The molecule has 0 aliphatic carbocycles. The summed E-state index contributed by atoms with van der Waals surface area (Å²) in [5.41, 5.74) is 1.04. The van der Waals surface area contributed by atoms with Gasteiger partial charge in [-0.25, -0.2) is 26.3 Å². The first-order valence-electron chi connectivity index (χ1n) is 6.00. The van der Waals surface area contributed by atoms with Gasteiger partial charge in [0, 0.05) is 6.54 Å². The predicted molar refractivity (Wildman–Crippen MR) is 71.5 cm³/mol. The second-order valence-corrected chi connectivity index (χ2v) is 6.15. The van der Waals surface area contributed by atoms with Crippen LogP contribution in [0.15, 0.2) is 41.3 Å². The molecule has 0 saturated heterocycles. The highest BCUT2D eigenvalue weighted by molar-refractivity contribution is 7.89. The quantitative estimate of drug-likeness (QED) is 0.943. The molecule has 1 N–H and O–H groups in total. The Hall–Kier alpha value is -1.86. The fourth-order valence-electron chi connectivity index (χ4n) is 1.81. The minimum atomic E-state index is -4.37. The van der Waals surface area contributed by atoms with Gasteiger partial charge in [0.05, 0.1) is 0 Å². The van der Waals surface area contributed by atoms with Crippen molar-refractivity contribution in [1.29, 1.82) is 0 Å². The Labute approximate surface area is 120 Å². The lowest BCUT2D eigenvalue weighted by Gasteiger charge is -2.10. The third-order valence-electron chi connectivity index (χ3n) is 2.95. The van der Waals surface area contributed by atoms with Crippen LogP contribution in [0.3, 0.4) is 0 Å². The summed E-state index contributed by atoms with van der Waals surface area (Å²) < 4.78 is 66.1. The van der Waals surface area contributed by atoms with Crippen molar-refractivity contribution in [1.82, 2.24) is 4.72 Å². The number of aryl methyl sites for hydroxylation is 1. The lowest BCUT2D eigenvalue weighted by molar-refractivity contribution is 0.513. The normalized spacial score (nSPS) is 11.6. The molecular weight excluding hydrogens is 303 g/mol. The molecule has 0 saturated carbocycles. The average molecular weight is 315 g/mol. The predicted octanol–water partition coefficient (Wildman–Crippen LogP) is 2.89. The van der Waals surface area contributed by atoms with E-state index >= 15 is 0 Å². The molecule has 21 heavy (non-hydrogen) atoms. The number of hydrogen-bond acceptors (Lipinski definition) is 2. The number of sulfonamides is 1. The van der Waals surface area contributed by atoms with Crippen molar-refractivity contribution < 1.29 is 21.6 Å². The molecule has 0 atom stereocenters. The summed E-state index contributed by atoms with van der Waals surface area (Å²) >= 11 is 0. The summed E-state index contributed by atoms with van der Waals surface area (Å²) in [5, 5.41) is 0. The first kappa shape index (κ1) is 15.5. The van der Waals surface area contributed by atoms with Crippen molar-refractivity contribution in [3.8, 4) is 0 Å². The topological polar surface area (TPSA) is 46.2 Å². The number of hydrogen-bond donors (Lipinski definition) is 1. The number of benzene rings is 2. The van der Waals surface area contributed by atoms with Crippen LogP contribution < -0.4 is 4.72 Å². The van der Waals surface area contributed by atoms with E-state index in [-0.39, 0.29) is 6.54 Å². The van der Waals surface area contributed by atoms with Gasteiger partial charge in [0.15, 0.2) is 4.90 Å². The Morgan fingerprint density at radius 2 is 1.67 bits per heavy atom. The summed E-state index contributed by atoms with van der Waals surface area (Å²) in [7, 11) is -4.37. The van der Waals surface area contributed by atoms with E-state index in [0.29, 0.717) is 11.1 Å². The zero-order valence-electron chi connectivity index (χ0n) is 11.0. The molecule has 0 aliphatic heterocycles. The minimum absolute atomic E-state index is 0.264. The molecule has 0 fully saturated rings. The smallest absolute Gasteiger partial charge is 0.207 e. The molecule has 7 heteroatoms. The van der Waals surface area contributed by atoms with E-state index in [9.17, 15) is 21.6 Å². The van der Waals surface area contributed by atoms with Gasteiger partial charge >= 0.3 is 0 Å². The van der Waals surface area contributed by atoms with Gasteiger partial charge in [-0.15, -0.1) is 0 Å². The maximum atomic E-state index is 13.5. The molecule has 0 aromatic heterocycles. The van der Waals surface area contributed by atoms with Gasteiger partial charge in [-0.3, -0.25) is 0 Å². The van der Waals surface area contributed by atoms with Gasteiger partial charge < -0.3 is 0 Å². The maximum Gasteiger partial charge on any atom is 0.246 e. The maximum absolute atomic E-state index is 13.5. The molecule has 0 aliphatic rings. The highest BCUT2D eigenvalue weighted by atomic mass is 32.2. The molecule has 0 unspecified atom stereocenters. The van der Waals surface area contributed by atoms with Crippen LogP contribution in [-0.4, -0.2) is 8.42 Å². The molecule has 112 valence electrons. The first-order valence-corrected chi connectivity index (χ1v) is 7.48. The van der Waals surface area contributed by atoms with Gasteiger partial charge in [0.25, 0.3) is 0 Å². The third kappa shape index (κ3) is 3.43. The minimum Gasteiger partial charge on any atom is -0.207 e. The number of rotatable bonds is 4. The fourth-order valence-corrected chi connectivity index (χ4v) is 2.95. The van der Waals surface area contributed by atoms with Crippen LogP contribution in [0.4, 0.5) is 13.2 Å². The van der Waals surface area contributed by atoms with Crippen LogP contribution in [0.25, 0.3) is 0 Å². The van der Waals surface area contributed by atoms with E-state index in [1.807, 2.05) is 0 Å². The summed E-state index contributed by atoms with van der Waals surface area (Å²) in [6.45, 7) is 1.41. The average Bonchev–Trinajstić information content (AvgIpc) is 2.39. The SMILES string of the molecule is Cc1ccc(F)cc1CNS(=O)(=O)c1c(F)cccc1F. The van der Waals surface area contributed by atoms with Crippen LogP contribution in [-0.2, 0) is 16.6 Å². The van der Waals surface area contributed by atoms with Crippen molar-refractivity contribution in [3.05, 3.63) is 65.0 Å². The number of halogens is 3. The van der Waals surface area contributed by atoms with Crippen LogP contribution in [0.2, 0.25) is 0 Å². The lowest BCUT2D eigenvalue weighted by atomic mass is 10.1. The Bertz CT molecular complexity index is 756. The van der Waals surface area contributed by atoms with E-state index in [1.54, 1.807) is 6.92 Å². The zero-order valence-corrected chi connectivity index (χ0v) is 11.8. The molecule has 2 aromatic rings. The van der Waals surface area contributed by atoms with E-state index in [1.165, 1.54) is 12.1 Å². The van der Waals surface area contributed by atoms with Gasteiger partial charge in [-0.1, -0.05) is 12.1 Å². The largest absolute Gasteiger partial charge is 0.246 e. The van der Waals surface area contributed by atoms with Crippen LogP contribution in [0.1, 0.15) is 11.1 Å². The van der Waals surface area contributed by atoms with E-state index in [0.717, 1.165) is 24.3 Å². The molecular formula is C14H12F3NO2S. The highest BCUT2D eigenvalue weighted by Crippen LogP contribution is 2.19. The Balaban J connectivity index is 2.28. The Morgan fingerprint density at radius 3 is 2.29 bits per heavy atom. The molecule has 3 nitrogen and oxygen atoms in total. The van der Waals surface area contributed by atoms with Crippen molar-refractivity contribution in [3.63, 3.8) is 0 Å². The van der Waals surface area contributed by atoms with Gasteiger partial charge in [-0.05, 0) is 42.3 Å². The van der Waals surface area contributed by atoms with Gasteiger partial charge in [0.2, 0.25) is 10.0 Å². The Morgan fingerprint density at radius 1 is 1.05 bits per heavy atom. The standard InChI is InChI=1S/C14H12F3NO2S/c1-9-5-6-11(15)7-10(9)8-18-21(19,20)14-12(16)3-2-4-13(14)17/h2-7,18H,8H2,1H3. The summed E-state index contributed by atoms with van der Waals surface area (Å²) in [6.07, 6.45) is 0. The molecule has 0 spiro atoms. The molecule has 2 rings (SSSR count). The van der Waals surface area contributed by atoms with E-state index in [2.05, 4.69) is 4.72 Å². The summed E-state index contributed by atoms with van der Waals surface area (Å²) in [4.78, 5) is -1.04. The Kier molecular flexibility index (Phi) is 4.34. The second kappa shape index (κ2) is 5.87.